The van der Waals surface area contributed by atoms with Crippen molar-refractivity contribution in [3.8, 4) is 0 Å². The van der Waals surface area contributed by atoms with Gasteiger partial charge in [0.25, 0.3) is 0 Å². The highest BCUT2D eigenvalue weighted by Gasteiger charge is 2.21. The first-order valence-electron chi connectivity index (χ1n) is 5.41. The summed E-state index contributed by atoms with van der Waals surface area (Å²) in [6, 6.07) is 3.96. The van der Waals surface area contributed by atoms with Crippen LogP contribution in [0, 0.1) is 5.41 Å². The lowest BCUT2D eigenvalue weighted by Gasteiger charge is -2.29. The van der Waals surface area contributed by atoms with Crippen molar-refractivity contribution in [2.45, 2.75) is 20.3 Å². The number of halogens is 1. The average Bonchev–Trinajstić information content (AvgIpc) is 2.69. The zero-order valence-corrected chi connectivity index (χ0v) is 12.2. The van der Waals surface area contributed by atoms with E-state index in [4.69, 9.17) is 5.73 Å². The van der Waals surface area contributed by atoms with Crippen LogP contribution in [0.25, 0.3) is 0 Å². The van der Waals surface area contributed by atoms with Gasteiger partial charge in [-0.25, -0.2) is 0 Å². The molecule has 0 unspecified atom stereocenters. The van der Waals surface area contributed by atoms with Gasteiger partial charge in [0.05, 0.1) is 6.42 Å². The van der Waals surface area contributed by atoms with Gasteiger partial charge >= 0.3 is 0 Å². The lowest BCUT2D eigenvalue weighted by molar-refractivity contribution is -0.130. The van der Waals surface area contributed by atoms with Crippen LogP contribution in [-0.2, 0) is 11.2 Å². The standard InChI is InChI=1S/C12H20N2OS.ClH/c1-12(2,8-13)9-14(3)11(15)7-10-5-4-6-16-10;/h4-6H,7-9,13H2,1-3H3;1H. The lowest BCUT2D eigenvalue weighted by atomic mass is 9.93. The molecule has 1 rings (SSSR count). The summed E-state index contributed by atoms with van der Waals surface area (Å²) in [6.07, 6.45) is 0.495. The summed E-state index contributed by atoms with van der Waals surface area (Å²) < 4.78 is 0. The summed E-state index contributed by atoms with van der Waals surface area (Å²) >= 11 is 1.62. The Morgan fingerprint density at radius 1 is 1.53 bits per heavy atom. The molecule has 0 aliphatic heterocycles. The molecule has 17 heavy (non-hydrogen) atoms. The van der Waals surface area contributed by atoms with Crippen molar-refractivity contribution in [3.63, 3.8) is 0 Å². The predicted octanol–water partition coefficient (Wildman–Crippen LogP) is 2.16. The Bertz CT molecular complexity index is 338. The van der Waals surface area contributed by atoms with E-state index in [1.807, 2.05) is 24.6 Å². The molecule has 0 bridgehead atoms. The molecular weight excluding hydrogens is 256 g/mol. The first-order chi connectivity index (χ1) is 7.44. The smallest absolute Gasteiger partial charge is 0.227 e. The topological polar surface area (TPSA) is 46.3 Å². The summed E-state index contributed by atoms with van der Waals surface area (Å²) in [6.45, 7) is 5.43. The van der Waals surface area contributed by atoms with E-state index >= 15 is 0 Å². The summed E-state index contributed by atoms with van der Waals surface area (Å²) in [5, 5.41) is 1.99. The predicted molar refractivity (Wildman–Crippen MR) is 75.7 cm³/mol. The molecule has 0 aromatic carbocycles. The molecule has 0 saturated heterocycles. The number of carbonyl (C=O) groups is 1. The molecular formula is C12H21ClN2OS. The Balaban J connectivity index is 0.00000256. The van der Waals surface area contributed by atoms with E-state index < -0.39 is 0 Å². The van der Waals surface area contributed by atoms with Crippen molar-refractivity contribution in [2.75, 3.05) is 20.1 Å². The van der Waals surface area contributed by atoms with Crippen LogP contribution >= 0.6 is 23.7 Å². The molecule has 2 N–H and O–H groups in total. The van der Waals surface area contributed by atoms with Crippen LogP contribution in [0.3, 0.4) is 0 Å². The summed E-state index contributed by atoms with van der Waals surface area (Å²) in [7, 11) is 1.84. The third-order valence-corrected chi connectivity index (χ3v) is 3.43. The molecule has 1 aromatic rings. The quantitative estimate of drug-likeness (QED) is 0.896. The maximum absolute atomic E-state index is 11.9. The Morgan fingerprint density at radius 2 is 2.18 bits per heavy atom. The molecule has 1 aromatic heterocycles. The zero-order valence-electron chi connectivity index (χ0n) is 10.6. The van der Waals surface area contributed by atoms with E-state index in [1.165, 1.54) is 0 Å². The van der Waals surface area contributed by atoms with Crippen molar-refractivity contribution in [2.24, 2.45) is 11.1 Å². The number of thiophene rings is 1. The summed E-state index contributed by atoms with van der Waals surface area (Å²) in [4.78, 5) is 14.8. The second kappa shape index (κ2) is 6.99. The zero-order chi connectivity index (χ0) is 12.2. The molecule has 3 nitrogen and oxygen atoms in total. The molecule has 1 heterocycles. The molecule has 0 spiro atoms. The van der Waals surface area contributed by atoms with Crippen molar-refractivity contribution >= 4 is 29.7 Å². The van der Waals surface area contributed by atoms with E-state index in [0.29, 0.717) is 19.5 Å². The number of likely N-dealkylation sites (N-methyl/N-ethyl adjacent to an activating group) is 1. The van der Waals surface area contributed by atoms with Crippen LogP contribution in [0.5, 0.6) is 0 Å². The fourth-order valence-corrected chi connectivity index (χ4v) is 2.19. The summed E-state index contributed by atoms with van der Waals surface area (Å²) in [5.74, 6) is 0.156. The van der Waals surface area contributed by atoms with Gasteiger partial charge in [-0.05, 0) is 23.4 Å². The number of hydrogen-bond acceptors (Lipinski definition) is 3. The Kier molecular flexibility index (Phi) is 6.75. The van der Waals surface area contributed by atoms with Crippen molar-refractivity contribution < 1.29 is 4.79 Å². The summed E-state index contributed by atoms with van der Waals surface area (Å²) in [5.41, 5.74) is 5.64. The first-order valence-corrected chi connectivity index (χ1v) is 6.29. The van der Waals surface area contributed by atoms with Gasteiger partial charge in [-0.1, -0.05) is 19.9 Å². The van der Waals surface area contributed by atoms with Crippen LogP contribution in [0.1, 0.15) is 18.7 Å². The van der Waals surface area contributed by atoms with Gasteiger partial charge in [-0.15, -0.1) is 23.7 Å². The van der Waals surface area contributed by atoms with E-state index in [0.717, 1.165) is 4.88 Å². The third-order valence-electron chi connectivity index (χ3n) is 2.55. The van der Waals surface area contributed by atoms with Gasteiger partial charge < -0.3 is 10.6 Å². The second-order valence-corrected chi connectivity index (χ2v) is 5.91. The Morgan fingerprint density at radius 3 is 2.65 bits per heavy atom. The highest BCUT2D eigenvalue weighted by molar-refractivity contribution is 7.10. The number of rotatable bonds is 5. The minimum Gasteiger partial charge on any atom is -0.345 e. The monoisotopic (exact) mass is 276 g/mol. The molecule has 0 atom stereocenters. The third kappa shape index (κ3) is 5.52. The molecule has 0 fully saturated rings. The molecule has 98 valence electrons. The van der Waals surface area contributed by atoms with Crippen LogP contribution < -0.4 is 5.73 Å². The number of nitrogens with zero attached hydrogens (tertiary/aromatic N) is 1. The second-order valence-electron chi connectivity index (χ2n) is 4.87. The fourth-order valence-electron chi connectivity index (χ4n) is 1.49. The van der Waals surface area contributed by atoms with E-state index in [-0.39, 0.29) is 23.7 Å². The molecule has 0 saturated carbocycles. The SMILES string of the molecule is CN(CC(C)(C)CN)C(=O)Cc1cccs1.Cl. The van der Waals surface area contributed by atoms with Gasteiger partial charge in [-0.2, -0.15) is 0 Å². The number of amides is 1. The largest absolute Gasteiger partial charge is 0.345 e. The van der Waals surface area contributed by atoms with Crippen LogP contribution in [0.15, 0.2) is 17.5 Å². The number of nitrogens with two attached hydrogens (primary N) is 1. The fraction of sp³-hybridized carbons (Fsp3) is 0.583. The van der Waals surface area contributed by atoms with Crippen molar-refractivity contribution in [1.82, 2.24) is 4.90 Å². The minimum atomic E-state index is -0.0140. The molecule has 0 aliphatic carbocycles. The first kappa shape index (κ1) is 16.4. The van der Waals surface area contributed by atoms with Gasteiger partial charge in [-0.3, -0.25) is 4.79 Å². The van der Waals surface area contributed by atoms with E-state index in [1.54, 1.807) is 16.2 Å². The number of hydrogen-bond donors (Lipinski definition) is 1. The maximum Gasteiger partial charge on any atom is 0.227 e. The Hall–Kier alpha value is -0.580. The highest BCUT2D eigenvalue weighted by atomic mass is 35.5. The van der Waals surface area contributed by atoms with Gasteiger partial charge in [0.2, 0.25) is 5.91 Å². The normalized spacial score (nSPS) is 10.8. The van der Waals surface area contributed by atoms with Crippen LogP contribution in [0.2, 0.25) is 0 Å². The highest BCUT2D eigenvalue weighted by Crippen LogP contribution is 2.15. The van der Waals surface area contributed by atoms with Gasteiger partial charge in [0, 0.05) is 18.5 Å². The van der Waals surface area contributed by atoms with E-state index in [2.05, 4.69) is 13.8 Å². The van der Waals surface area contributed by atoms with Crippen LogP contribution in [-0.4, -0.2) is 30.9 Å². The molecule has 1 amide bonds. The van der Waals surface area contributed by atoms with Crippen molar-refractivity contribution in [1.29, 1.82) is 0 Å². The molecule has 0 radical (unpaired) electrons. The van der Waals surface area contributed by atoms with Gasteiger partial charge in [0.15, 0.2) is 0 Å². The minimum absolute atomic E-state index is 0. The van der Waals surface area contributed by atoms with Crippen LogP contribution in [0.4, 0.5) is 0 Å². The number of carbonyl (C=O) groups excluding carboxylic acids is 1. The molecule has 5 heteroatoms. The Labute approximate surface area is 113 Å². The lowest BCUT2D eigenvalue weighted by Crippen LogP contribution is -2.40. The maximum atomic E-state index is 11.9. The average molecular weight is 277 g/mol. The van der Waals surface area contributed by atoms with Gasteiger partial charge in [0.1, 0.15) is 0 Å². The van der Waals surface area contributed by atoms with E-state index in [9.17, 15) is 4.79 Å². The van der Waals surface area contributed by atoms with Crippen molar-refractivity contribution in [3.05, 3.63) is 22.4 Å². The molecule has 0 aliphatic rings.